The SMILES string of the molecule is O=C(NC1CCCCCC1)[C@@H]1CN(S(=O)(=O)c2ccccc2)CCN1S(=O)(=O)c1ccccc1. The summed E-state index contributed by atoms with van der Waals surface area (Å²) in [6.45, 7) is -0.371. The standard InChI is InChI=1S/C24H31N3O5S2/c28-24(25-20-11-5-1-2-6-12-20)23-19-26(33(29,30)21-13-7-3-8-14-21)17-18-27(23)34(31,32)22-15-9-4-10-16-22/h3-4,7-10,13-16,20,23H,1-2,5-6,11-12,17-19H2,(H,25,28)/t23-/m0/s1. The quantitative estimate of drug-likeness (QED) is 0.608. The minimum absolute atomic E-state index is 0.0302. The lowest BCUT2D eigenvalue weighted by Crippen LogP contribution is -2.62. The van der Waals surface area contributed by atoms with E-state index in [1.54, 1.807) is 36.4 Å². The van der Waals surface area contributed by atoms with E-state index in [-0.39, 0.29) is 35.5 Å². The van der Waals surface area contributed by atoms with E-state index in [2.05, 4.69) is 5.32 Å². The molecule has 0 radical (unpaired) electrons. The number of benzene rings is 2. The van der Waals surface area contributed by atoms with E-state index in [0.29, 0.717) is 0 Å². The number of carbonyl (C=O) groups excluding carboxylic acids is 1. The Bertz CT molecular complexity index is 1180. The molecule has 0 unspecified atom stereocenters. The average Bonchev–Trinajstić information content (AvgIpc) is 3.13. The van der Waals surface area contributed by atoms with E-state index >= 15 is 0 Å². The van der Waals surface area contributed by atoms with Crippen molar-refractivity contribution in [2.24, 2.45) is 0 Å². The van der Waals surface area contributed by atoms with Gasteiger partial charge in [-0.1, -0.05) is 62.1 Å². The Labute approximate surface area is 202 Å². The second kappa shape index (κ2) is 10.6. The molecule has 4 rings (SSSR count). The predicted octanol–water partition coefficient (Wildman–Crippen LogP) is 2.59. The highest BCUT2D eigenvalue weighted by molar-refractivity contribution is 7.89. The summed E-state index contributed by atoms with van der Waals surface area (Å²) in [5.41, 5.74) is 0. The number of carbonyl (C=O) groups is 1. The molecule has 0 bridgehead atoms. The van der Waals surface area contributed by atoms with E-state index in [9.17, 15) is 21.6 Å². The number of rotatable bonds is 6. The molecule has 8 nitrogen and oxygen atoms in total. The van der Waals surface area contributed by atoms with Gasteiger partial charge in [0, 0.05) is 25.7 Å². The molecule has 2 aromatic rings. The third-order valence-electron chi connectivity index (χ3n) is 6.53. The van der Waals surface area contributed by atoms with Crippen LogP contribution >= 0.6 is 0 Å². The van der Waals surface area contributed by atoms with Gasteiger partial charge in [0.05, 0.1) is 9.79 Å². The highest BCUT2D eigenvalue weighted by Crippen LogP contribution is 2.26. The maximum atomic E-state index is 13.5. The van der Waals surface area contributed by atoms with E-state index in [0.717, 1.165) is 42.8 Å². The van der Waals surface area contributed by atoms with Crippen molar-refractivity contribution in [3.63, 3.8) is 0 Å². The normalized spacial score (nSPS) is 21.6. The molecule has 2 aromatic carbocycles. The third kappa shape index (κ3) is 5.35. The lowest BCUT2D eigenvalue weighted by Gasteiger charge is -2.39. The molecular weight excluding hydrogens is 474 g/mol. The molecule has 0 aromatic heterocycles. The first-order chi connectivity index (χ1) is 16.3. The molecule has 1 aliphatic carbocycles. The topological polar surface area (TPSA) is 104 Å². The summed E-state index contributed by atoms with van der Waals surface area (Å²) in [5.74, 6) is -0.445. The van der Waals surface area contributed by atoms with Gasteiger partial charge in [0.1, 0.15) is 6.04 Å². The lowest BCUT2D eigenvalue weighted by atomic mass is 10.1. The first-order valence-electron chi connectivity index (χ1n) is 11.7. The van der Waals surface area contributed by atoms with Crippen LogP contribution in [-0.2, 0) is 24.8 Å². The summed E-state index contributed by atoms with van der Waals surface area (Å²) < 4.78 is 55.8. The molecule has 1 aliphatic heterocycles. The van der Waals surface area contributed by atoms with Crippen molar-refractivity contribution in [2.45, 2.75) is 60.4 Å². The van der Waals surface area contributed by atoms with Crippen molar-refractivity contribution < 1.29 is 21.6 Å². The number of piperazine rings is 1. The van der Waals surface area contributed by atoms with Crippen molar-refractivity contribution in [3.8, 4) is 0 Å². The zero-order valence-electron chi connectivity index (χ0n) is 19.0. The highest BCUT2D eigenvalue weighted by Gasteiger charge is 2.43. The lowest BCUT2D eigenvalue weighted by molar-refractivity contribution is -0.126. The van der Waals surface area contributed by atoms with E-state index in [1.807, 2.05) is 0 Å². The second-order valence-corrected chi connectivity index (χ2v) is 12.6. The number of sulfonamides is 2. The number of amides is 1. The summed E-state index contributed by atoms with van der Waals surface area (Å²) in [7, 11) is -7.86. The van der Waals surface area contributed by atoms with Gasteiger partial charge in [0.2, 0.25) is 26.0 Å². The molecule has 184 valence electrons. The summed E-state index contributed by atoms with van der Waals surface area (Å²) in [6, 6.07) is 14.8. The smallest absolute Gasteiger partial charge is 0.243 e. The third-order valence-corrected chi connectivity index (χ3v) is 10.3. The van der Waals surface area contributed by atoms with Gasteiger partial charge in [-0.2, -0.15) is 8.61 Å². The zero-order chi connectivity index (χ0) is 24.2. The number of hydrogen-bond donors (Lipinski definition) is 1. The van der Waals surface area contributed by atoms with Gasteiger partial charge in [0.15, 0.2) is 0 Å². The Balaban J connectivity index is 1.63. The molecule has 10 heteroatoms. The van der Waals surface area contributed by atoms with Gasteiger partial charge in [0.25, 0.3) is 0 Å². The number of hydrogen-bond acceptors (Lipinski definition) is 5. The molecule has 34 heavy (non-hydrogen) atoms. The van der Waals surface area contributed by atoms with Crippen molar-refractivity contribution in [1.29, 1.82) is 0 Å². The van der Waals surface area contributed by atoms with Crippen LogP contribution in [0, 0.1) is 0 Å². The molecule has 2 aliphatic rings. The fourth-order valence-electron chi connectivity index (χ4n) is 4.65. The van der Waals surface area contributed by atoms with Crippen molar-refractivity contribution in [1.82, 2.24) is 13.9 Å². The maximum absolute atomic E-state index is 13.5. The minimum Gasteiger partial charge on any atom is -0.352 e. The van der Waals surface area contributed by atoms with Gasteiger partial charge in [-0.15, -0.1) is 0 Å². The Hall–Kier alpha value is -2.27. The van der Waals surface area contributed by atoms with Crippen LogP contribution in [0.15, 0.2) is 70.5 Å². The zero-order valence-corrected chi connectivity index (χ0v) is 20.7. The van der Waals surface area contributed by atoms with Gasteiger partial charge < -0.3 is 5.32 Å². The van der Waals surface area contributed by atoms with Crippen molar-refractivity contribution in [2.75, 3.05) is 19.6 Å². The van der Waals surface area contributed by atoms with Crippen LogP contribution in [0.2, 0.25) is 0 Å². The minimum atomic E-state index is -3.99. The predicted molar refractivity (Wildman–Crippen MR) is 129 cm³/mol. The fourth-order valence-corrected chi connectivity index (χ4v) is 7.70. The Kier molecular flexibility index (Phi) is 7.71. The monoisotopic (exact) mass is 505 g/mol. The Morgan fingerprint density at radius 1 is 0.735 bits per heavy atom. The van der Waals surface area contributed by atoms with Crippen LogP contribution < -0.4 is 5.32 Å². The maximum Gasteiger partial charge on any atom is 0.243 e. The second-order valence-electron chi connectivity index (χ2n) is 8.82. The van der Waals surface area contributed by atoms with Gasteiger partial charge >= 0.3 is 0 Å². The van der Waals surface area contributed by atoms with Crippen LogP contribution in [0.1, 0.15) is 38.5 Å². The Morgan fingerprint density at radius 3 is 1.82 bits per heavy atom. The molecule has 1 saturated carbocycles. The molecule has 1 heterocycles. The largest absolute Gasteiger partial charge is 0.352 e. The van der Waals surface area contributed by atoms with Crippen molar-refractivity contribution in [3.05, 3.63) is 60.7 Å². The molecule has 1 atom stereocenters. The van der Waals surface area contributed by atoms with Crippen LogP contribution in [0.5, 0.6) is 0 Å². The van der Waals surface area contributed by atoms with Crippen LogP contribution in [0.4, 0.5) is 0 Å². The molecule has 1 amide bonds. The molecule has 2 fully saturated rings. The first-order valence-corrected chi connectivity index (χ1v) is 14.6. The molecular formula is C24H31N3O5S2. The summed E-state index contributed by atoms with van der Waals surface area (Å²) in [4.78, 5) is 13.6. The number of nitrogens with one attached hydrogen (secondary N) is 1. The Morgan fingerprint density at radius 2 is 1.26 bits per heavy atom. The summed E-state index contributed by atoms with van der Waals surface area (Å²) in [6.07, 6.45) is 5.94. The molecule has 1 N–H and O–H groups in total. The van der Waals surface area contributed by atoms with Gasteiger partial charge in [-0.25, -0.2) is 16.8 Å². The first kappa shape index (κ1) is 24.8. The average molecular weight is 506 g/mol. The van der Waals surface area contributed by atoms with Gasteiger partial charge in [-0.05, 0) is 37.1 Å². The number of nitrogens with zero attached hydrogens (tertiary/aromatic N) is 2. The fraction of sp³-hybridized carbons (Fsp3) is 0.458. The van der Waals surface area contributed by atoms with Crippen LogP contribution in [-0.4, -0.2) is 63.1 Å². The molecule has 1 saturated heterocycles. The summed E-state index contributed by atoms with van der Waals surface area (Å²) >= 11 is 0. The van der Waals surface area contributed by atoms with Crippen molar-refractivity contribution >= 4 is 26.0 Å². The molecule has 0 spiro atoms. The summed E-state index contributed by atoms with van der Waals surface area (Å²) in [5, 5.41) is 3.03. The van der Waals surface area contributed by atoms with Crippen LogP contribution in [0.3, 0.4) is 0 Å². The van der Waals surface area contributed by atoms with E-state index < -0.39 is 32.0 Å². The highest BCUT2D eigenvalue weighted by atomic mass is 32.2. The van der Waals surface area contributed by atoms with E-state index in [4.69, 9.17) is 0 Å². The van der Waals surface area contributed by atoms with E-state index in [1.165, 1.54) is 28.6 Å². The van der Waals surface area contributed by atoms with Crippen LogP contribution in [0.25, 0.3) is 0 Å². The van der Waals surface area contributed by atoms with Gasteiger partial charge in [-0.3, -0.25) is 4.79 Å².